The van der Waals surface area contributed by atoms with E-state index in [4.69, 9.17) is 10.2 Å². The number of nitrogens with one attached hydrogen (secondary N) is 1. The number of amides is 1. The van der Waals surface area contributed by atoms with Gasteiger partial charge in [0.05, 0.1) is 11.6 Å². The summed E-state index contributed by atoms with van der Waals surface area (Å²) in [4.78, 5) is 20.4. The molecule has 0 bridgehead atoms. The summed E-state index contributed by atoms with van der Waals surface area (Å²) in [5.74, 6) is 0.449. The van der Waals surface area contributed by atoms with E-state index in [9.17, 15) is 4.79 Å². The van der Waals surface area contributed by atoms with Crippen molar-refractivity contribution in [3.05, 3.63) is 66.2 Å². The number of hydrogen-bond donors (Lipinski definition) is 2. The lowest BCUT2D eigenvalue weighted by Crippen LogP contribution is -2.26. The second kappa shape index (κ2) is 6.31. The first-order valence-corrected chi connectivity index (χ1v) is 7.17. The number of anilines is 1. The summed E-state index contributed by atoms with van der Waals surface area (Å²) in [6.45, 7) is 1.91. The number of nitrogens with two attached hydrogens (primary N) is 1. The van der Waals surface area contributed by atoms with Crippen LogP contribution in [0.5, 0.6) is 0 Å². The monoisotopic (exact) mass is 308 g/mol. The maximum atomic E-state index is 12.3. The van der Waals surface area contributed by atoms with Crippen LogP contribution in [0.4, 0.5) is 5.82 Å². The Labute approximate surface area is 133 Å². The molecule has 116 valence electrons. The molecule has 3 aromatic rings. The second-order valence-electron chi connectivity index (χ2n) is 5.12. The molecule has 6 heteroatoms. The van der Waals surface area contributed by atoms with E-state index in [0.717, 1.165) is 5.56 Å². The molecule has 3 rings (SSSR count). The average Bonchev–Trinajstić information content (AvgIpc) is 3.06. The lowest BCUT2D eigenvalue weighted by Gasteiger charge is -2.12. The average molecular weight is 308 g/mol. The van der Waals surface area contributed by atoms with Gasteiger partial charge >= 0.3 is 0 Å². The highest BCUT2D eigenvalue weighted by Gasteiger charge is 2.16. The van der Waals surface area contributed by atoms with E-state index in [-0.39, 0.29) is 17.6 Å². The Kier molecular flexibility index (Phi) is 4.05. The molecule has 1 atom stereocenters. The molecule has 23 heavy (non-hydrogen) atoms. The van der Waals surface area contributed by atoms with Crippen LogP contribution in [0.3, 0.4) is 0 Å². The Morgan fingerprint density at radius 3 is 2.70 bits per heavy atom. The molecule has 0 saturated heterocycles. The molecule has 3 N–H and O–H groups in total. The number of benzene rings is 1. The number of aromatic nitrogens is 2. The third kappa shape index (κ3) is 3.37. The van der Waals surface area contributed by atoms with Crippen LogP contribution in [0, 0.1) is 0 Å². The van der Waals surface area contributed by atoms with Gasteiger partial charge in [0.25, 0.3) is 5.91 Å². The van der Waals surface area contributed by atoms with E-state index in [1.165, 1.54) is 6.26 Å². The highest BCUT2D eigenvalue weighted by Crippen LogP contribution is 2.19. The van der Waals surface area contributed by atoms with Gasteiger partial charge in [0.15, 0.2) is 5.69 Å². The number of oxazole rings is 1. The molecule has 2 aromatic heterocycles. The Hall–Kier alpha value is -3.15. The van der Waals surface area contributed by atoms with Gasteiger partial charge in [-0.05, 0) is 24.6 Å². The van der Waals surface area contributed by atoms with Gasteiger partial charge in [-0.2, -0.15) is 0 Å². The summed E-state index contributed by atoms with van der Waals surface area (Å²) in [5.41, 5.74) is 7.45. The number of nitrogen functional groups attached to an aromatic ring is 1. The van der Waals surface area contributed by atoms with E-state index >= 15 is 0 Å². The Balaban J connectivity index is 1.72. The molecule has 0 aliphatic rings. The third-order valence-electron chi connectivity index (χ3n) is 3.42. The van der Waals surface area contributed by atoms with Crippen molar-refractivity contribution in [3.63, 3.8) is 0 Å². The van der Waals surface area contributed by atoms with Gasteiger partial charge in [0, 0.05) is 6.20 Å². The topological polar surface area (TPSA) is 94.0 Å². The largest absolute Gasteiger partial charge is 0.444 e. The van der Waals surface area contributed by atoms with Gasteiger partial charge in [-0.15, -0.1) is 0 Å². The maximum absolute atomic E-state index is 12.3. The molecular weight excluding hydrogens is 292 g/mol. The number of rotatable bonds is 4. The highest BCUT2D eigenvalue weighted by molar-refractivity contribution is 5.92. The smallest absolute Gasteiger partial charge is 0.273 e. The minimum absolute atomic E-state index is 0.123. The molecule has 1 amide bonds. The highest BCUT2D eigenvalue weighted by atomic mass is 16.3. The van der Waals surface area contributed by atoms with Gasteiger partial charge in [-0.1, -0.05) is 30.3 Å². The van der Waals surface area contributed by atoms with Crippen molar-refractivity contribution in [1.29, 1.82) is 0 Å². The number of nitrogens with zero attached hydrogens (tertiary/aromatic N) is 2. The fourth-order valence-corrected chi connectivity index (χ4v) is 2.14. The van der Waals surface area contributed by atoms with Crippen LogP contribution in [-0.2, 0) is 0 Å². The summed E-state index contributed by atoms with van der Waals surface area (Å²) in [5, 5.41) is 2.89. The maximum Gasteiger partial charge on any atom is 0.273 e. The summed E-state index contributed by atoms with van der Waals surface area (Å²) in [6, 6.07) is 13.0. The SMILES string of the molecule is CC(NC(=O)c1coc(-c2ccc(N)nc2)n1)c1ccccc1. The van der Waals surface area contributed by atoms with Crippen molar-refractivity contribution >= 4 is 11.7 Å². The molecule has 1 unspecified atom stereocenters. The van der Waals surface area contributed by atoms with Crippen molar-refractivity contribution in [3.8, 4) is 11.5 Å². The van der Waals surface area contributed by atoms with Gasteiger partial charge < -0.3 is 15.5 Å². The van der Waals surface area contributed by atoms with Crippen molar-refractivity contribution in [2.24, 2.45) is 0 Å². The first kappa shape index (κ1) is 14.8. The normalized spacial score (nSPS) is 11.9. The molecule has 0 radical (unpaired) electrons. The van der Waals surface area contributed by atoms with Gasteiger partial charge in [0.2, 0.25) is 5.89 Å². The van der Waals surface area contributed by atoms with E-state index in [0.29, 0.717) is 17.3 Å². The summed E-state index contributed by atoms with van der Waals surface area (Å²) in [7, 11) is 0. The lowest BCUT2D eigenvalue weighted by atomic mass is 10.1. The molecule has 0 aliphatic heterocycles. The van der Waals surface area contributed by atoms with Crippen LogP contribution in [0.25, 0.3) is 11.5 Å². The Morgan fingerprint density at radius 2 is 2.00 bits per heavy atom. The summed E-state index contributed by atoms with van der Waals surface area (Å²) >= 11 is 0. The van der Waals surface area contributed by atoms with Crippen LogP contribution in [-0.4, -0.2) is 15.9 Å². The zero-order valence-electron chi connectivity index (χ0n) is 12.6. The molecule has 0 saturated carbocycles. The number of carbonyl (C=O) groups is 1. The molecule has 1 aromatic carbocycles. The molecule has 0 spiro atoms. The van der Waals surface area contributed by atoms with Gasteiger partial charge in [-0.25, -0.2) is 9.97 Å². The van der Waals surface area contributed by atoms with Crippen molar-refractivity contribution in [1.82, 2.24) is 15.3 Å². The van der Waals surface area contributed by atoms with Crippen LogP contribution in [0.15, 0.2) is 59.3 Å². The van der Waals surface area contributed by atoms with Crippen LogP contribution in [0.2, 0.25) is 0 Å². The molecular formula is C17H16N4O2. The number of hydrogen-bond acceptors (Lipinski definition) is 5. The minimum Gasteiger partial charge on any atom is -0.444 e. The summed E-state index contributed by atoms with van der Waals surface area (Å²) in [6.07, 6.45) is 2.88. The van der Waals surface area contributed by atoms with E-state index < -0.39 is 0 Å². The molecule has 2 heterocycles. The van der Waals surface area contributed by atoms with E-state index in [2.05, 4.69) is 15.3 Å². The fourth-order valence-electron chi connectivity index (χ4n) is 2.14. The molecule has 0 aliphatic carbocycles. The quantitative estimate of drug-likeness (QED) is 0.773. The Bertz CT molecular complexity index is 797. The molecule has 0 fully saturated rings. The first-order valence-electron chi connectivity index (χ1n) is 7.17. The van der Waals surface area contributed by atoms with E-state index in [1.54, 1.807) is 18.3 Å². The van der Waals surface area contributed by atoms with Gasteiger partial charge in [0.1, 0.15) is 12.1 Å². The van der Waals surface area contributed by atoms with Crippen molar-refractivity contribution in [2.75, 3.05) is 5.73 Å². The molecule has 6 nitrogen and oxygen atoms in total. The predicted octanol–water partition coefficient (Wildman–Crippen LogP) is 2.81. The number of pyridine rings is 1. The zero-order valence-corrected chi connectivity index (χ0v) is 12.6. The standard InChI is InChI=1S/C17H16N4O2/c1-11(12-5-3-2-4-6-12)20-16(22)14-10-23-17(21-14)13-7-8-15(18)19-9-13/h2-11H,1H3,(H2,18,19)(H,20,22). The van der Waals surface area contributed by atoms with Gasteiger partial charge in [-0.3, -0.25) is 4.79 Å². The second-order valence-corrected chi connectivity index (χ2v) is 5.12. The van der Waals surface area contributed by atoms with Crippen molar-refractivity contribution < 1.29 is 9.21 Å². The fraction of sp³-hybridized carbons (Fsp3) is 0.118. The zero-order chi connectivity index (χ0) is 16.2. The Morgan fingerprint density at radius 1 is 1.22 bits per heavy atom. The van der Waals surface area contributed by atoms with Crippen LogP contribution >= 0.6 is 0 Å². The lowest BCUT2D eigenvalue weighted by molar-refractivity contribution is 0.0935. The minimum atomic E-state index is -0.292. The summed E-state index contributed by atoms with van der Waals surface area (Å²) < 4.78 is 5.35. The van der Waals surface area contributed by atoms with Crippen molar-refractivity contribution in [2.45, 2.75) is 13.0 Å². The van der Waals surface area contributed by atoms with Crippen LogP contribution in [0.1, 0.15) is 29.0 Å². The predicted molar refractivity (Wildman–Crippen MR) is 86.5 cm³/mol. The van der Waals surface area contributed by atoms with E-state index in [1.807, 2.05) is 37.3 Å². The van der Waals surface area contributed by atoms with Crippen LogP contribution < -0.4 is 11.1 Å². The first-order chi connectivity index (χ1) is 11.1. The third-order valence-corrected chi connectivity index (χ3v) is 3.42. The number of carbonyl (C=O) groups excluding carboxylic acids is 1.